The van der Waals surface area contributed by atoms with Crippen molar-refractivity contribution in [3.05, 3.63) is 49.6 Å². The van der Waals surface area contributed by atoms with Crippen molar-refractivity contribution in [2.45, 2.75) is 0 Å². The number of nitrogens with zero attached hydrogens (tertiary/aromatic N) is 4. The molecule has 4 heterocycles. The summed E-state index contributed by atoms with van der Waals surface area (Å²) < 4.78 is 0. The highest BCUT2D eigenvalue weighted by Gasteiger charge is 2.07. The van der Waals surface area contributed by atoms with Crippen molar-refractivity contribution < 1.29 is 54.7 Å². The average molecular weight is 534 g/mol. The number of carbonyl (C=O) groups is 4. The fraction of sp³-hybridized carbons (Fsp3) is 0.0526. The molecule has 19 heteroatoms. The van der Waals surface area contributed by atoms with Gasteiger partial charge in [-0.25, -0.2) is 19.6 Å². The van der Waals surface area contributed by atoms with Crippen molar-refractivity contribution in [1.29, 1.82) is 0 Å². The van der Waals surface area contributed by atoms with E-state index < -0.39 is 23.9 Å². The van der Waals surface area contributed by atoms with Crippen molar-refractivity contribution in [3.8, 4) is 0 Å². The molecule has 0 aromatic carbocycles. The minimum atomic E-state index is -1.51. The van der Waals surface area contributed by atoms with E-state index in [0.29, 0.717) is 35.9 Å². The van der Waals surface area contributed by atoms with Crippen LogP contribution >= 0.6 is 0 Å². The molecule has 38 heavy (non-hydrogen) atoms. The lowest BCUT2D eigenvalue weighted by molar-refractivity contribution is -0.352. The number of H-pyrrole nitrogens is 4. The normalized spacial score (nSPS) is 9.63. The van der Waals surface area contributed by atoms with Crippen LogP contribution in [-0.4, -0.2) is 76.2 Å². The summed E-state index contributed by atoms with van der Waals surface area (Å²) in [5, 5.41) is 41.5. The summed E-state index contributed by atoms with van der Waals surface area (Å²) in [6.07, 6.45) is 8.05. The van der Waals surface area contributed by atoms with Gasteiger partial charge in [0.2, 0.25) is 24.3 Å². The highest BCUT2D eigenvalue weighted by atomic mass is 16.4. The van der Waals surface area contributed by atoms with E-state index in [9.17, 15) is 29.4 Å². The molecule has 19 nitrogen and oxygen atoms in total. The summed E-state index contributed by atoms with van der Waals surface area (Å²) in [5.74, 6) is -4.68. The van der Waals surface area contributed by atoms with Gasteiger partial charge in [0, 0.05) is 19.3 Å². The first-order valence-electron chi connectivity index (χ1n) is 9.60. The Morgan fingerprint density at radius 2 is 1.08 bits per heavy atom. The molecule has 4 rings (SSSR count). The third kappa shape index (κ3) is 13.0. The number of hydrogen-bond acceptors (Lipinski definition) is 13. The van der Waals surface area contributed by atoms with Crippen LogP contribution < -0.4 is 31.6 Å². The largest absolute Gasteiger partial charge is 0.545 e. The lowest BCUT2D eigenvalue weighted by Crippen LogP contribution is -2.19. The second kappa shape index (κ2) is 17.5. The fourth-order valence-electron chi connectivity index (χ4n) is 1.93. The molecule has 4 aromatic heterocycles. The SMILES string of the molecule is CO.Nc1nc[nH+]c2nc[nH]c12.Nc1nc[nH+]c2nc[nH]c12.O=C([O-])/C=C\C(=O)O.O=C([O-])/C=C\C(=O)O. The first-order valence-corrected chi connectivity index (χ1v) is 9.60. The van der Waals surface area contributed by atoms with Gasteiger partial charge in [0.25, 0.3) is 11.3 Å². The maximum atomic E-state index is 9.53. The molecule has 0 fully saturated rings. The van der Waals surface area contributed by atoms with E-state index in [1.165, 1.54) is 12.7 Å². The Morgan fingerprint density at radius 3 is 1.32 bits per heavy atom. The number of fused-ring (bicyclic) bond motifs is 2. The number of imidazole rings is 2. The number of hydrogen-bond donors (Lipinski definition) is 7. The van der Waals surface area contributed by atoms with Crippen LogP contribution in [0.4, 0.5) is 11.6 Å². The summed E-state index contributed by atoms with van der Waals surface area (Å²) in [4.78, 5) is 64.9. The van der Waals surface area contributed by atoms with Crippen LogP contribution in [0.3, 0.4) is 0 Å². The molecular formula is C19H22N10O9. The number of carboxylic acids is 4. The molecule has 0 aliphatic heterocycles. The Labute approximate surface area is 211 Å². The molecule has 0 radical (unpaired) electrons. The van der Waals surface area contributed by atoms with E-state index in [1.807, 2.05) is 0 Å². The second-order valence-electron chi connectivity index (χ2n) is 5.81. The van der Waals surface area contributed by atoms with E-state index >= 15 is 0 Å². The molecular weight excluding hydrogens is 512 g/mol. The Bertz CT molecular complexity index is 1260. The van der Waals surface area contributed by atoms with E-state index in [4.69, 9.17) is 26.8 Å². The molecule has 0 aliphatic rings. The van der Waals surface area contributed by atoms with E-state index in [0.717, 1.165) is 29.4 Å². The standard InChI is InChI=1S/2C5H5N5.2C4H4O4.CH4O/c2*6-4-3-5(9-1-7-3)10-2-8-4;2*5-3(6)1-2-4(7)8;1-2/h2*1-2H,(H3,6,7,8,9,10);2*1-2H,(H,5,6)(H,7,8);2H,1H3/b;;2*2-1-;. The van der Waals surface area contributed by atoms with Gasteiger partial charge in [-0.15, -0.1) is 0 Å². The van der Waals surface area contributed by atoms with Crippen LogP contribution in [0.5, 0.6) is 0 Å². The van der Waals surface area contributed by atoms with Crippen LogP contribution in [0.1, 0.15) is 0 Å². The number of anilines is 2. The van der Waals surface area contributed by atoms with Gasteiger partial charge in [-0.1, -0.05) is 19.9 Å². The van der Waals surface area contributed by atoms with Gasteiger partial charge in [-0.2, -0.15) is 0 Å². The smallest absolute Gasteiger partial charge is 0.328 e. The summed E-state index contributed by atoms with van der Waals surface area (Å²) in [6.45, 7) is 0. The molecule has 0 amide bonds. The Morgan fingerprint density at radius 1 is 0.737 bits per heavy atom. The minimum Gasteiger partial charge on any atom is -0.545 e. The highest BCUT2D eigenvalue weighted by molar-refractivity contribution is 5.89. The van der Waals surface area contributed by atoms with Crippen LogP contribution in [0.15, 0.2) is 49.6 Å². The summed E-state index contributed by atoms with van der Waals surface area (Å²) in [6, 6.07) is 0. The fourth-order valence-corrected chi connectivity index (χ4v) is 1.93. The van der Waals surface area contributed by atoms with E-state index in [-0.39, 0.29) is 0 Å². The number of nitrogens with two attached hydrogens (primary N) is 2. The van der Waals surface area contributed by atoms with Crippen molar-refractivity contribution in [3.63, 3.8) is 0 Å². The molecule has 4 aromatic rings. The van der Waals surface area contributed by atoms with Gasteiger partial charge in [-0.3, -0.25) is 0 Å². The first kappa shape index (κ1) is 32.0. The van der Waals surface area contributed by atoms with Crippen LogP contribution in [0.2, 0.25) is 0 Å². The van der Waals surface area contributed by atoms with Gasteiger partial charge in [-0.05, 0) is 12.2 Å². The number of carboxylic acid groups (broad SMARTS) is 4. The molecule has 0 bridgehead atoms. The predicted molar refractivity (Wildman–Crippen MR) is 121 cm³/mol. The predicted octanol–water partition coefficient (Wildman–Crippen LogP) is -4.93. The van der Waals surface area contributed by atoms with Gasteiger partial charge < -0.3 is 56.6 Å². The number of aliphatic hydroxyl groups excluding tert-OH is 1. The summed E-state index contributed by atoms with van der Waals surface area (Å²) in [7, 11) is 1.00. The number of nitrogens with one attached hydrogen (secondary N) is 4. The van der Waals surface area contributed by atoms with Crippen molar-refractivity contribution in [2.75, 3.05) is 18.6 Å². The maximum Gasteiger partial charge on any atom is 0.328 e. The lowest BCUT2D eigenvalue weighted by Gasteiger charge is -1.85. The van der Waals surface area contributed by atoms with Gasteiger partial charge in [0.1, 0.15) is 0 Å². The molecule has 0 aliphatic carbocycles. The number of carbonyl (C=O) groups excluding carboxylic acids is 2. The van der Waals surface area contributed by atoms with Gasteiger partial charge in [0.05, 0.1) is 11.9 Å². The van der Waals surface area contributed by atoms with Gasteiger partial charge >= 0.3 is 11.9 Å². The zero-order valence-corrected chi connectivity index (χ0v) is 19.4. The zero-order chi connectivity index (χ0) is 29.1. The van der Waals surface area contributed by atoms with Crippen molar-refractivity contribution >= 4 is 57.8 Å². The van der Waals surface area contributed by atoms with Crippen LogP contribution in [0, 0.1) is 0 Å². The van der Waals surface area contributed by atoms with Crippen molar-refractivity contribution in [2.24, 2.45) is 0 Å². The number of rotatable bonds is 4. The van der Waals surface area contributed by atoms with Crippen molar-refractivity contribution in [1.82, 2.24) is 29.9 Å². The van der Waals surface area contributed by atoms with Gasteiger partial charge in [0.15, 0.2) is 23.7 Å². The monoisotopic (exact) mass is 534 g/mol. The zero-order valence-electron chi connectivity index (χ0n) is 19.4. The van der Waals surface area contributed by atoms with E-state index in [1.54, 1.807) is 12.7 Å². The number of nitrogen functional groups attached to an aromatic ring is 2. The maximum absolute atomic E-state index is 9.53. The van der Waals surface area contributed by atoms with Crippen LogP contribution in [-0.2, 0) is 19.2 Å². The Kier molecular flexibility index (Phi) is 14.7. The first-order chi connectivity index (χ1) is 18.0. The number of aromatic amines is 4. The Hall–Kier alpha value is -5.98. The molecule has 202 valence electrons. The average Bonchev–Trinajstić information content (AvgIpc) is 3.55. The highest BCUT2D eigenvalue weighted by Crippen LogP contribution is 2.07. The van der Waals surface area contributed by atoms with E-state index in [2.05, 4.69) is 39.9 Å². The summed E-state index contributed by atoms with van der Waals surface area (Å²) in [5.41, 5.74) is 14.0. The number of aliphatic carboxylic acids is 4. The molecule has 0 saturated carbocycles. The van der Waals surface area contributed by atoms with Crippen LogP contribution in [0.25, 0.3) is 22.3 Å². The summed E-state index contributed by atoms with van der Waals surface area (Å²) >= 11 is 0. The Balaban J connectivity index is 0.000000474. The number of aromatic nitrogens is 8. The second-order valence-corrected chi connectivity index (χ2v) is 5.81. The number of aliphatic hydroxyl groups is 1. The molecule has 0 unspecified atom stereocenters. The third-order valence-electron chi connectivity index (χ3n) is 3.32. The third-order valence-corrected chi connectivity index (χ3v) is 3.32. The quantitative estimate of drug-likeness (QED) is 0.121. The topological polar surface area (TPSA) is 339 Å². The molecule has 11 N–H and O–H groups in total. The lowest BCUT2D eigenvalue weighted by atomic mass is 10.5. The molecule has 0 atom stereocenters. The molecule has 0 saturated heterocycles. The minimum absolute atomic E-state index is 0.447. The molecule has 0 spiro atoms.